The van der Waals surface area contributed by atoms with Crippen LogP contribution in [0, 0.1) is 5.92 Å². The summed E-state index contributed by atoms with van der Waals surface area (Å²) in [5.74, 6) is 1.08. The van der Waals surface area contributed by atoms with E-state index in [1.807, 2.05) is 12.1 Å². The van der Waals surface area contributed by atoms with Crippen molar-refractivity contribution in [2.24, 2.45) is 5.92 Å². The monoisotopic (exact) mass is 351 g/mol. The van der Waals surface area contributed by atoms with Gasteiger partial charge in [-0.15, -0.1) is 0 Å². The van der Waals surface area contributed by atoms with Gasteiger partial charge in [-0.05, 0) is 47.9 Å². The van der Waals surface area contributed by atoms with E-state index in [0.717, 1.165) is 29.7 Å². The first-order valence-electron chi connectivity index (χ1n) is 7.79. The average Bonchev–Trinajstić information content (AvgIpc) is 3.12. The van der Waals surface area contributed by atoms with Gasteiger partial charge in [0.05, 0.1) is 16.5 Å². The van der Waals surface area contributed by atoms with Crippen LogP contribution in [0.1, 0.15) is 37.7 Å². The Morgan fingerprint density at radius 2 is 2.09 bits per heavy atom. The molecule has 23 heavy (non-hydrogen) atoms. The van der Waals surface area contributed by atoms with E-state index >= 15 is 0 Å². The second-order valence-electron chi connectivity index (χ2n) is 5.83. The summed E-state index contributed by atoms with van der Waals surface area (Å²) in [5.41, 5.74) is 0.769. The minimum Gasteiger partial charge on any atom is -0.492 e. The van der Waals surface area contributed by atoms with Crippen molar-refractivity contribution in [3.05, 3.63) is 33.7 Å². The van der Waals surface area contributed by atoms with E-state index in [4.69, 9.17) is 16.3 Å². The van der Waals surface area contributed by atoms with Crippen molar-refractivity contribution in [1.82, 2.24) is 5.32 Å². The number of hydrogen-bond donors (Lipinski definition) is 1. The van der Waals surface area contributed by atoms with Gasteiger partial charge in [0.25, 0.3) is 11.1 Å². The van der Waals surface area contributed by atoms with E-state index in [1.54, 1.807) is 12.1 Å². The van der Waals surface area contributed by atoms with Crippen LogP contribution in [-0.4, -0.2) is 17.8 Å². The van der Waals surface area contributed by atoms with Crippen LogP contribution in [0.15, 0.2) is 23.1 Å². The number of carbonyl (C=O) groups is 2. The first kappa shape index (κ1) is 16.4. The molecule has 122 valence electrons. The highest BCUT2D eigenvalue weighted by Crippen LogP contribution is 2.31. The second kappa shape index (κ2) is 7.41. The third-order valence-electron chi connectivity index (χ3n) is 4.15. The second-order valence-corrected chi connectivity index (χ2v) is 7.25. The molecule has 0 spiro atoms. The molecule has 3 rings (SSSR count). The van der Waals surface area contributed by atoms with Gasteiger partial charge in [-0.2, -0.15) is 0 Å². The number of thioether (sulfide) groups is 1. The average molecular weight is 352 g/mol. The molecule has 1 aliphatic heterocycles. The molecule has 0 unspecified atom stereocenters. The number of ether oxygens (including phenoxy) is 1. The van der Waals surface area contributed by atoms with Crippen LogP contribution < -0.4 is 10.1 Å². The summed E-state index contributed by atoms with van der Waals surface area (Å²) in [7, 11) is 0. The zero-order valence-corrected chi connectivity index (χ0v) is 14.2. The molecule has 1 heterocycles. The lowest BCUT2D eigenvalue weighted by molar-refractivity contribution is -0.115. The van der Waals surface area contributed by atoms with Crippen molar-refractivity contribution < 1.29 is 14.3 Å². The van der Waals surface area contributed by atoms with Crippen LogP contribution in [0.2, 0.25) is 5.02 Å². The van der Waals surface area contributed by atoms with Gasteiger partial charge in [-0.25, -0.2) is 0 Å². The molecule has 1 aliphatic carbocycles. The van der Waals surface area contributed by atoms with E-state index in [9.17, 15) is 9.59 Å². The Balaban J connectivity index is 1.60. The normalized spacial score (nSPS) is 20.3. The maximum absolute atomic E-state index is 11.5. The summed E-state index contributed by atoms with van der Waals surface area (Å²) < 4.78 is 5.77. The predicted octanol–water partition coefficient (Wildman–Crippen LogP) is 4.62. The maximum atomic E-state index is 11.5. The van der Waals surface area contributed by atoms with Gasteiger partial charge in [0.1, 0.15) is 5.75 Å². The largest absolute Gasteiger partial charge is 0.492 e. The molecule has 0 radical (unpaired) electrons. The lowest BCUT2D eigenvalue weighted by Gasteiger charge is -2.12. The third-order valence-corrected chi connectivity index (χ3v) is 5.26. The van der Waals surface area contributed by atoms with Crippen molar-refractivity contribution in [2.75, 3.05) is 6.61 Å². The summed E-state index contributed by atoms with van der Waals surface area (Å²) in [5, 5.41) is 2.39. The van der Waals surface area contributed by atoms with E-state index in [0.29, 0.717) is 22.3 Å². The van der Waals surface area contributed by atoms with Gasteiger partial charge in [-0.1, -0.05) is 43.4 Å². The van der Waals surface area contributed by atoms with E-state index in [-0.39, 0.29) is 11.1 Å². The molecule has 1 N–H and O–H groups in total. The van der Waals surface area contributed by atoms with Crippen LogP contribution in [-0.2, 0) is 4.79 Å². The molecule has 2 amide bonds. The molecule has 1 aromatic rings. The Hall–Kier alpha value is -1.46. The quantitative estimate of drug-likeness (QED) is 0.786. The van der Waals surface area contributed by atoms with Gasteiger partial charge in [0.2, 0.25) is 0 Å². The number of carbonyl (C=O) groups excluding carboxylic acids is 2. The first-order valence-corrected chi connectivity index (χ1v) is 8.98. The smallest absolute Gasteiger partial charge is 0.290 e. The van der Waals surface area contributed by atoms with E-state index in [2.05, 4.69) is 5.32 Å². The van der Waals surface area contributed by atoms with Crippen molar-refractivity contribution in [1.29, 1.82) is 0 Å². The minimum absolute atomic E-state index is 0.348. The summed E-state index contributed by atoms with van der Waals surface area (Å²) in [6.45, 7) is 0.678. The summed E-state index contributed by atoms with van der Waals surface area (Å²) in [6, 6.07) is 5.39. The Kier molecular flexibility index (Phi) is 5.28. The molecule has 0 bridgehead atoms. The van der Waals surface area contributed by atoms with Crippen LogP contribution >= 0.6 is 23.4 Å². The van der Waals surface area contributed by atoms with Gasteiger partial charge in [-0.3, -0.25) is 14.9 Å². The van der Waals surface area contributed by atoms with Crippen molar-refractivity contribution in [3.8, 4) is 5.75 Å². The first-order chi connectivity index (χ1) is 11.1. The van der Waals surface area contributed by atoms with Crippen molar-refractivity contribution >= 4 is 40.6 Å². The molecule has 0 aromatic heterocycles. The lowest BCUT2D eigenvalue weighted by Crippen LogP contribution is -2.17. The third kappa shape index (κ3) is 4.30. The highest BCUT2D eigenvalue weighted by Gasteiger charge is 2.25. The number of halogens is 1. The number of benzene rings is 1. The lowest BCUT2D eigenvalue weighted by atomic mass is 10.1. The highest BCUT2D eigenvalue weighted by molar-refractivity contribution is 8.18. The number of amides is 2. The van der Waals surface area contributed by atoms with E-state index < -0.39 is 0 Å². The molecule has 1 aromatic carbocycles. The number of nitrogens with one attached hydrogen (secondary N) is 1. The fraction of sp³-hybridized carbons (Fsp3) is 0.412. The molecule has 4 nitrogen and oxygen atoms in total. The van der Waals surface area contributed by atoms with Crippen LogP contribution in [0.4, 0.5) is 4.79 Å². The SMILES string of the molecule is O=C1NC(=O)/C(=C\c2ccc(OCCC3CCCC3)c(Cl)c2)S1. The molecule has 2 aliphatic rings. The van der Waals surface area contributed by atoms with Crippen LogP contribution in [0.3, 0.4) is 0 Å². The molecular weight excluding hydrogens is 334 g/mol. The van der Waals surface area contributed by atoms with Gasteiger partial charge >= 0.3 is 0 Å². The van der Waals surface area contributed by atoms with Crippen LogP contribution in [0.25, 0.3) is 6.08 Å². The molecule has 1 saturated heterocycles. The fourth-order valence-corrected chi connectivity index (χ4v) is 3.86. The molecular formula is C17H18ClNO3S. The maximum Gasteiger partial charge on any atom is 0.290 e. The van der Waals surface area contributed by atoms with Crippen molar-refractivity contribution in [2.45, 2.75) is 32.1 Å². The predicted molar refractivity (Wildman–Crippen MR) is 92.6 cm³/mol. The minimum atomic E-state index is -0.368. The summed E-state index contributed by atoms with van der Waals surface area (Å²) >= 11 is 7.14. The molecule has 2 fully saturated rings. The Morgan fingerprint density at radius 3 is 2.74 bits per heavy atom. The number of rotatable bonds is 5. The topological polar surface area (TPSA) is 55.4 Å². The Morgan fingerprint density at radius 1 is 1.30 bits per heavy atom. The Labute approximate surface area is 144 Å². The number of imide groups is 1. The zero-order chi connectivity index (χ0) is 16.2. The standard InChI is InChI=1S/C17H18ClNO3S/c18-13-9-12(10-15-16(20)19-17(21)23-15)5-6-14(13)22-8-7-11-3-1-2-4-11/h5-6,9-11H,1-4,7-8H2,(H,19,20,21)/b15-10+. The zero-order valence-electron chi connectivity index (χ0n) is 12.6. The summed E-state index contributed by atoms with van der Waals surface area (Å²) in [4.78, 5) is 23.1. The molecule has 1 saturated carbocycles. The Bertz CT molecular complexity index is 653. The van der Waals surface area contributed by atoms with Gasteiger partial charge in [0.15, 0.2) is 0 Å². The highest BCUT2D eigenvalue weighted by atomic mass is 35.5. The van der Waals surface area contributed by atoms with Crippen molar-refractivity contribution in [3.63, 3.8) is 0 Å². The fourth-order valence-electron chi connectivity index (χ4n) is 2.93. The van der Waals surface area contributed by atoms with Gasteiger partial charge in [0, 0.05) is 0 Å². The summed E-state index contributed by atoms with van der Waals surface area (Å²) in [6.07, 6.45) is 8.01. The number of hydrogen-bond acceptors (Lipinski definition) is 4. The van der Waals surface area contributed by atoms with Crippen LogP contribution in [0.5, 0.6) is 5.75 Å². The van der Waals surface area contributed by atoms with Gasteiger partial charge < -0.3 is 4.74 Å². The van der Waals surface area contributed by atoms with E-state index in [1.165, 1.54) is 25.7 Å². The molecule has 0 atom stereocenters. The molecule has 6 heteroatoms.